The molecule has 0 spiro atoms. The minimum absolute atomic E-state index is 0.182. The Hall–Kier alpha value is -3.42. The van der Waals surface area contributed by atoms with Crippen molar-refractivity contribution in [2.45, 2.75) is 6.61 Å². The summed E-state index contributed by atoms with van der Waals surface area (Å²) in [4.78, 5) is 12.5. The highest BCUT2D eigenvalue weighted by Gasteiger charge is 2.10. The minimum Gasteiger partial charge on any atom is -0.491 e. The topological polar surface area (TPSA) is 68.8 Å². The molecule has 2 N–H and O–H groups in total. The number of hydrogen-bond donors (Lipinski definition) is 2. The van der Waals surface area contributed by atoms with E-state index in [-0.39, 0.29) is 11.0 Å². The molecular weight excluding hydrogens is 412 g/mol. The Morgan fingerprint density at radius 1 is 0.871 bits per heavy atom. The lowest BCUT2D eigenvalue weighted by Crippen LogP contribution is -2.34. The number of anilines is 1. The van der Waals surface area contributed by atoms with Crippen LogP contribution in [0.25, 0.3) is 0 Å². The Bertz CT molecular complexity index is 994. The van der Waals surface area contributed by atoms with Gasteiger partial charge < -0.3 is 19.5 Å². The Balaban J connectivity index is 1.55. The molecule has 0 bridgehead atoms. The molecule has 0 aliphatic rings. The van der Waals surface area contributed by atoms with Gasteiger partial charge >= 0.3 is 0 Å². The largest absolute Gasteiger partial charge is 0.491 e. The van der Waals surface area contributed by atoms with Gasteiger partial charge in [0.05, 0.1) is 12.3 Å². The van der Waals surface area contributed by atoms with Gasteiger partial charge in [0.2, 0.25) is 0 Å². The van der Waals surface area contributed by atoms with Crippen molar-refractivity contribution in [3.63, 3.8) is 0 Å². The molecule has 3 aromatic carbocycles. The van der Waals surface area contributed by atoms with Gasteiger partial charge in [0.1, 0.15) is 24.7 Å². The molecule has 0 aliphatic carbocycles. The first-order valence-corrected chi connectivity index (χ1v) is 10.2. The summed E-state index contributed by atoms with van der Waals surface area (Å²) < 4.78 is 16.4. The second-order valence-corrected chi connectivity index (χ2v) is 6.95. The van der Waals surface area contributed by atoms with Gasteiger partial charge in [-0.15, -0.1) is 0 Å². The summed E-state index contributed by atoms with van der Waals surface area (Å²) in [6.45, 7) is 1.37. The van der Waals surface area contributed by atoms with Crippen molar-refractivity contribution in [3.05, 3.63) is 90.0 Å². The van der Waals surface area contributed by atoms with E-state index in [0.29, 0.717) is 42.6 Å². The summed E-state index contributed by atoms with van der Waals surface area (Å²) in [6, 6.07) is 24.1. The lowest BCUT2D eigenvalue weighted by atomic mass is 10.2. The van der Waals surface area contributed by atoms with Gasteiger partial charge in [-0.1, -0.05) is 42.5 Å². The van der Waals surface area contributed by atoms with Crippen molar-refractivity contribution in [1.29, 1.82) is 0 Å². The molecule has 0 aromatic heterocycles. The van der Waals surface area contributed by atoms with Gasteiger partial charge in [0.15, 0.2) is 5.11 Å². The van der Waals surface area contributed by atoms with E-state index in [4.69, 9.17) is 26.4 Å². The highest BCUT2D eigenvalue weighted by molar-refractivity contribution is 7.80. The molecule has 0 atom stereocenters. The van der Waals surface area contributed by atoms with Gasteiger partial charge in [-0.05, 0) is 54.2 Å². The van der Waals surface area contributed by atoms with Crippen LogP contribution >= 0.6 is 12.2 Å². The van der Waals surface area contributed by atoms with Crippen molar-refractivity contribution >= 4 is 28.9 Å². The van der Waals surface area contributed by atoms with Crippen molar-refractivity contribution in [2.75, 3.05) is 25.6 Å². The highest BCUT2D eigenvalue weighted by Crippen LogP contribution is 2.24. The number of carbonyl (C=O) groups excluding carboxylic acids is 1. The summed E-state index contributed by atoms with van der Waals surface area (Å²) in [5.41, 5.74) is 2.20. The van der Waals surface area contributed by atoms with Crippen LogP contribution in [0.2, 0.25) is 0 Å². The smallest absolute Gasteiger partial charge is 0.257 e. The fraction of sp³-hybridized carbons (Fsp3) is 0.167. The average molecular weight is 437 g/mol. The van der Waals surface area contributed by atoms with E-state index in [1.54, 1.807) is 31.4 Å². The van der Waals surface area contributed by atoms with Crippen LogP contribution in [0.1, 0.15) is 15.9 Å². The molecule has 31 heavy (non-hydrogen) atoms. The SMILES string of the molecule is COCCOc1ccc(C(=O)NC(=S)Nc2ccccc2OCc2ccccc2)cc1. The van der Waals surface area contributed by atoms with Crippen molar-refractivity contribution in [3.8, 4) is 11.5 Å². The predicted octanol–water partition coefficient (Wildman–Crippen LogP) is 4.42. The molecule has 0 aliphatic heterocycles. The van der Waals surface area contributed by atoms with Crippen molar-refractivity contribution in [1.82, 2.24) is 5.32 Å². The lowest BCUT2D eigenvalue weighted by Gasteiger charge is -2.14. The standard InChI is InChI=1S/C24H24N2O4S/c1-28-15-16-29-20-13-11-19(12-14-20)23(27)26-24(31)25-21-9-5-6-10-22(21)30-17-18-7-3-2-4-8-18/h2-14H,15-17H2,1H3,(H2,25,26,27,31). The van der Waals surface area contributed by atoms with Crippen LogP contribution in [0, 0.1) is 0 Å². The van der Waals surface area contributed by atoms with Crippen LogP contribution in [0.5, 0.6) is 11.5 Å². The van der Waals surface area contributed by atoms with Crippen LogP contribution in [0.3, 0.4) is 0 Å². The van der Waals surface area contributed by atoms with Gasteiger partial charge in [-0.25, -0.2) is 0 Å². The summed E-state index contributed by atoms with van der Waals surface area (Å²) in [7, 11) is 1.61. The fourth-order valence-corrected chi connectivity index (χ4v) is 2.91. The zero-order chi connectivity index (χ0) is 21.9. The maximum Gasteiger partial charge on any atom is 0.257 e. The maximum absolute atomic E-state index is 12.5. The molecule has 6 nitrogen and oxygen atoms in total. The zero-order valence-electron chi connectivity index (χ0n) is 17.2. The zero-order valence-corrected chi connectivity index (χ0v) is 18.0. The monoisotopic (exact) mass is 436 g/mol. The first-order chi connectivity index (χ1) is 15.2. The Kier molecular flexibility index (Phi) is 8.39. The first kappa shape index (κ1) is 22.3. The summed E-state index contributed by atoms with van der Waals surface area (Å²) >= 11 is 5.31. The van der Waals surface area contributed by atoms with Crippen LogP contribution < -0.4 is 20.1 Å². The second-order valence-electron chi connectivity index (χ2n) is 6.54. The maximum atomic E-state index is 12.5. The number of benzene rings is 3. The number of thiocarbonyl (C=S) groups is 1. The van der Waals surface area contributed by atoms with Crippen molar-refractivity contribution < 1.29 is 19.0 Å². The van der Waals surface area contributed by atoms with E-state index in [9.17, 15) is 4.79 Å². The number of rotatable bonds is 9. The molecule has 0 unspecified atom stereocenters. The van der Waals surface area contributed by atoms with Crippen LogP contribution in [0.15, 0.2) is 78.9 Å². The first-order valence-electron chi connectivity index (χ1n) is 9.75. The molecule has 0 heterocycles. The molecule has 0 radical (unpaired) electrons. The fourth-order valence-electron chi connectivity index (χ4n) is 2.71. The third kappa shape index (κ3) is 7.09. The normalized spacial score (nSPS) is 10.2. The number of para-hydroxylation sites is 2. The third-order valence-corrected chi connectivity index (χ3v) is 4.48. The molecular formula is C24H24N2O4S. The van der Waals surface area contributed by atoms with Gasteiger partial charge in [-0.3, -0.25) is 10.1 Å². The molecule has 0 saturated heterocycles. The number of nitrogens with one attached hydrogen (secondary N) is 2. The van der Waals surface area contributed by atoms with Gasteiger partial charge in [0.25, 0.3) is 5.91 Å². The Morgan fingerprint density at radius 3 is 2.32 bits per heavy atom. The molecule has 0 fully saturated rings. The van der Waals surface area contributed by atoms with Gasteiger partial charge in [-0.2, -0.15) is 0 Å². The predicted molar refractivity (Wildman–Crippen MR) is 125 cm³/mol. The van der Waals surface area contributed by atoms with E-state index in [2.05, 4.69) is 10.6 Å². The molecule has 3 aromatic rings. The number of carbonyl (C=O) groups is 1. The Morgan fingerprint density at radius 2 is 1.58 bits per heavy atom. The van der Waals surface area contributed by atoms with Crippen LogP contribution in [0.4, 0.5) is 5.69 Å². The van der Waals surface area contributed by atoms with E-state index < -0.39 is 0 Å². The summed E-state index contributed by atoms with van der Waals surface area (Å²) in [6.07, 6.45) is 0. The van der Waals surface area contributed by atoms with Crippen LogP contribution in [-0.4, -0.2) is 31.3 Å². The highest BCUT2D eigenvalue weighted by atomic mass is 32.1. The van der Waals surface area contributed by atoms with E-state index >= 15 is 0 Å². The number of ether oxygens (including phenoxy) is 3. The summed E-state index contributed by atoms with van der Waals surface area (Å²) in [5, 5.41) is 5.89. The minimum atomic E-state index is -0.316. The second kappa shape index (κ2) is 11.7. The molecule has 1 amide bonds. The number of hydrogen-bond acceptors (Lipinski definition) is 5. The number of methoxy groups -OCH3 is 1. The van der Waals surface area contributed by atoms with Crippen molar-refractivity contribution in [2.24, 2.45) is 0 Å². The third-order valence-electron chi connectivity index (χ3n) is 4.27. The molecule has 0 saturated carbocycles. The number of amides is 1. The lowest BCUT2D eigenvalue weighted by molar-refractivity contribution is 0.0977. The molecule has 160 valence electrons. The van der Waals surface area contributed by atoms with E-state index in [0.717, 1.165) is 5.56 Å². The van der Waals surface area contributed by atoms with E-state index in [1.165, 1.54) is 0 Å². The van der Waals surface area contributed by atoms with Gasteiger partial charge in [0, 0.05) is 12.7 Å². The van der Waals surface area contributed by atoms with E-state index in [1.807, 2.05) is 54.6 Å². The Labute approximate surface area is 187 Å². The van der Waals surface area contributed by atoms with Crippen LogP contribution in [-0.2, 0) is 11.3 Å². The summed E-state index contributed by atoms with van der Waals surface area (Å²) in [5.74, 6) is 0.989. The molecule has 3 rings (SSSR count). The molecule has 7 heteroatoms. The quantitative estimate of drug-likeness (QED) is 0.382. The average Bonchev–Trinajstić information content (AvgIpc) is 2.80.